The van der Waals surface area contributed by atoms with Gasteiger partial charge in [-0.1, -0.05) is 19.1 Å². The number of hydrogen-bond acceptors (Lipinski definition) is 4. The Labute approximate surface area is 145 Å². The molecule has 3 rings (SSSR count). The minimum Gasteiger partial charge on any atom is -0.354 e. The number of hydrogen-bond donors (Lipinski definition) is 1. The second-order valence-electron chi connectivity index (χ2n) is 6.10. The zero-order valence-corrected chi connectivity index (χ0v) is 14.3. The maximum absolute atomic E-state index is 12.7. The number of aryl methyl sites for hydroxylation is 1. The maximum Gasteiger partial charge on any atom is 0.416 e. The Hall–Kier alpha value is -2.15. The highest BCUT2D eigenvalue weighted by Gasteiger charge is 2.30. The number of rotatable bonds is 3. The lowest BCUT2D eigenvalue weighted by Crippen LogP contribution is -2.44. The van der Waals surface area contributed by atoms with Crippen molar-refractivity contribution in [3.63, 3.8) is 0 Å². The third-order valence-electron chi connectivity index (χ3n) is 4.43. The van der Waals surface area contributed by atoms with Crippen molar-refractivity contribution in [2.24, 2.45) is 0 Å². The number of piperazine rings is 1. The van der Waals surface area contributed by atoms with Crippen molar-refractivity contribution < 1.29 is 13.2 Å². The van der Waals surface area contributed by atoms with Crippen LogP contribution in [-0.4, -0.2) is 36.1 Å². The molecule has 1 aliphatic rings. The standard InChI is InChI=1S/C18H21F3N4/c1-3-15-12(2)23-16(24-17(15)25-10-8-22-9-11-25)13-4-6-14(7-5-13)18(19,20)21/h4-7,22H,3,8-11H2,1-2H3. The number of halogens is 3. The van der Waals surface area contributed by atoms with Gasteiger partial charge >= 0.3 is 6.18 Å². The molecule has 0 radical (unpaired) electrons. The van der Waals surface area contributed by atoms with E-state index in [2.05, 4.69) is 22.1 Å². The Kier molecular flexibility index (Phi) is 4.94. The third-order valence-corrected chi connectivity index (χ3v) is 4.43. The predicted octanol–water partition coefficient (Wildman–Crippen LogP) is 3.44. The van der Waals surface area contributed by atoms with Gasteiger partial charge in [0.25, 0.3) is 0 Å². The summed E-state index contributed by atoms with van der Waals surface area (Å²) >= 11 is 0. The molecule has 1 aromatic heterocycles. The summed E-state index contributed by atoms with van der Waals surface area (Å²) in [6.45, 7) is 7.49. The first-order chi connectivity index (χ1) is 11.9. The molecule has 0 unspecified atom stereocenters. The first-order valence-corrected chi connectivity index (χ1v) is 8.41. The normalized spacial score (nSPS) is 15.5. The van der Waals surface area contributed by atoms with Gasteiger partial charge in [-0.2, -0.15) is 13.2 Å². The molecule has 1 aromatic carbocycles. The van der Waals surface area contributed by atoms with E-state index < -0.39 is 11.7 Å². The number of aromatic nitrogens is 2. The van der Waals surface area contributed by atoms with Gasteiger partial charge in [0.2, 0.25) is 0 Å². The number of benzene rings is 1. The highest BCUT2D eigenvalue weighted by molar-refractivity contribution is 5.61. The number of nitrogens with zero attached hydrogens (tertiary/aromatic N) is 3. The maximum atomic E-state index is 12.7. The first-order valence-electron chi connectivity index (χ1n) is 8.41. The van der Waals surface area contributed by atoms with Crippen molar-refractivity contribution >= 4 is 5.82 Å². The Morgan fingerprint density at radius 1 is 1.08 bits per heavy atom. The monoisotopic (exact) mass is 350 g/mol. The van der Waals surface area contributed by atoms with Gasteiger partial charge in [0, 0.05) is 43.0 Å². The fraction of sp³-hybridized carbons (Fsp3) is 0.444. The molecule has 134 valence electrons. The van der Waals surface area contributed by atoms with E-state index in [4.69, 9.17) is 4.98 Å². The summed E-state index contributed by atoms with van der Waals surface area (Å²) in [6.07, 6.45) is -3.52. The molecule has 0 spiro atoms. The lowest BCUT2D eigenvalue weighted by molar-refractivity contribution is -0.137. The molecule has 0 atom stereocenters. The number of alkyl halides is 3. The molecule has 0 bridgehead atoms. The largest absolute Gasteiger partial charge is 0.416 e. The zero-order chi connectivity index (χ0) is 18.0. The van der Waals surface area contributed by atoms with E-state index in [-0.39, 0.29) is 0 Å². The van der Waals surface area contributed by atoms with Crippen LogP contribution in [-0.2, 0) is 12.6 Å². The van der Waals surface area contributed by atoms with Crippen LogP contribution in [0.15, 0.2) is 24.3 Å². The molecule has 0 saturated carbocycles. The predicted molar refractivity (Wildman–Crippen MR) is 91.7 cm³/mol. The van der Waals surface area contributed by atoms with Crippen LogP contribution in [0.5, 0.6) is 0 Å². The van der Waals surface area contributed by atoms with Crippen molar-refractivity contribution in [3.05, 3.63) is 41.1 Å². The van der Waals surface area contributed by atoms with Gasteiger partial charge in [0.1, 0.15) is 5.82 Å². The molecule has 2 heterocycles. The van der Waals surface area contributed by atoms with E-state index in [9.17, 15) is 13.2 Å². The Morgan fingerprint density at radius 2 is 1.72 bits per heavy atom. The van der Waals surface area contributed by atoms with Gasteiger partial charge in [-0.3, -0.25) is 0 Å². The van der Waals surface area contributed by atoms with Crippen LogP contribution >= 0.6 is 0 Å². The van der Waals surface area contributed by atoms with Crippen LogP contribution in [0.2, 0.25) is 0 Å². The quantitative estimate of drug-likeness (QED) is 0.921. The first kappa shape index (κ1) is 17.7. The van der Waals surface area contributed by atoms with E-state index >= 15 is 0 Å². The van der Waals surface area contributed by atoms with Gasteiger partial charge in [-0.25, -0.2) is 9.97 Å². The smallest absolute Gasteiger partial charge is 0.354 e. The minimum atomic E-state index is -4.34. The summed E-state index contributed by atoms with van der Waals surface area (Å²) in [7, 11) is 0. The summed E-state index contributed by atoms with van der Waals surface area (Å²) in [5.74, 6) is 1.36. The van der Waals surface area contributed by atoms with Gasteiger partial charge < -0.3 is 10.2 Å². The fourth-order valence-electron chi connectivity index (χ4n) is 3.07. The van der Waals surface area contributed by atoms with Gasteiger partial charge in [-0.15, -0.1) is 0 Å². The molecular weight excluding hydrogens is 329 g/mol. The second-order valence-corrected chi connectivity index (χ2v) is 6.10. The van der Waals surface area contributed by atoms with Gasteiger partial charge in [-0.05, 0) is 25.5 Å². The van der Waals surface area contributed by atoms with Gasteiger partial charge in [0.15, 0.2) is 5.82 Å². The Morgan fingerprint density at radius 3 is 2.28 bits per heavy atom. The molecular formula is C18H21F3N4. The molecule has 1 fully saturated rings. The summed E-state index contributed by atoms with van der Waals surface area (Å²) < 4.78 is 38.2. The molecule has 4 nitrogen and oxygen atoms in total. The van der Waals surface area contributed by atoms with Crippen molar-refractivity contribution in [2.75, 3.05) is 31.1 Å². The van der Waals surface area contributed by atoms with Crippen LogP contribution < -0.4 is 10.2 Å². The topological polar surface area (TPSA) is 41.1 Å². The van der Waals surface area contributed by atoms with Gasteiger partial charge in [0.05, 0.1) is 5.56 Å². The molecule has 7 heteroatoms. The van der Waals surface area contributed by atoms with Crippen LogP contribution in [0.1, 0.15) is 23.7 Å². The molecule has 1 N–H and O–H groups in total. The SMILES string of the molecule is CCc1c(C)nc(-c2ccc(C(F)(F)F)cc2)nc1N1CCNCC1. The highest BCUT2D eigenvalue weighted by Crippen LogP contribution is 2.31. The summed E-state index contributed by atoms with van der Waals surface area (Å²) in [4.78, 5) is 11.4. The Balaban J connectivity index is 2.00. The summed E-state index contributed by atoms with van der Waals surface area (Å²) in [5, 5.41) is 3.31. The molecule has 0 aliphatic carbocycles. The zero-order valence-electron chi connectivity index (χ0n) is 14.3. The molecule has 1 aliphatic heterocycles. The van der Waals surface area contributed by atoms with Crippen LogP contribution in [0.3, 0.4) is 0 Å². The average Bonchev–Trinajstić information content (AvgIpc) is 2.61. The minimum absolute atomic E-state index is 0.469. The van der Waals surface area contributed by atoms with E-state index in [0.29, 0.717) is 11.4 Å². The van der Waals surface area contributed by atoms with E-state index in [1.54, 1.807) is 0 Å². The highest BCUT2D eigenvalue weighted by atomic mass is 19.4. The van der Waals surface area contributed by atoms with E-state index in [0.717, 1.165) is 61.8 Å². The molecule has 2 aromatic rings. The summed E-state index contributed by atoms with van der Waals surface area (Å²) in [5.41, 5.74) is 1.90. The van der Waals surface area contributed by atoms with Crippen LogP contribution in [0.25, 0.3) is 11.4 Å². The lowest BCUT2D eigenvalue weighted by atomic mass is 10.1. The van der Waals surface area contributed by atoms with Crippen molar-refractivity contribution in [1.29, 1.82) is 0 Å². The third kappa shape index (κ3) is 3.76. The fourth-order valence-corrected chi connectivity index (χ4v) is 3.07. The van der Waals surface area contributed by atoms with Crippen LogP contribution in [0, 0.1) is 6.92 Å². The van der Waals surface area contributed by atoms with Crippen molar-refractivity contribution in [2.45, 2.75) is 26.4 Å². The van der Waals surface area contributed by atoms with Crippen molar-refractivity contribution in [3.8, 4) is 11.4 Å². The van der Waals surface area contributed by atoms with E-state index in [1.807, 2.05) is 6.92 Å². The number of nitrogens with one attached hydrogen (secondary N) is 1. The lowest BCUT2D eigenvalue weighted by Gasteiger charge is -2.30. The summed E-state index contributed by atoms with van der Waals surface area (Å²) in [6, 6.07) is 5.02. The average molecular weight is 350 g/mol. The second kappa shape index (κ2) is 7.00. The molecule has 0 amide bonds. The number of anilines is 1. The van der Waals surface area contributed by atoms with Crippen LogP contribution in [0.4, 0.5) is 19.0 Å². The van der Waals surface area contributed by atoms with E-state index in [1.165, 1.54) is 12.1 Å². The Bertz CT molecular complexity index is 735. The molecule has 1 saturated heterocycles. The van der Waals surface area contributed by atoms with Crippen molar-refractivity contribution in [1.82, 2.24) is 15.3 Å². The molecule has 25 heavy (non-hydrogen) atoms.